The highest BCUT2D eigenvalue weighted by Gasteiger charge is 2.26. The molecule has 0 bridgehead atoms. The molecule has 0 spiro atoms. The van der Waals surface area contributed by atoms with Crippen LogP contribution < -0.4 is 5.32 Å². The Morgan fingerprint density at radius 2 is 2.21 bits per heavy atom. The van der Waals surface area contributed by atoms with Gasteiger partial charge < -0.3 is 5.32 Å². The molecule has 76 valence electrons. The average molecular weight is 208 g/mol. The second-order valence-corrected chi connectivity index (χ2v) is 5.32. The van der Waals surface area contributed by atoms with Crippen molar-refractivity contribution in [2.75, 3.05) is 6.54 Å². The van der Waals surface area contributed by atoms with Crippen LogP contribution in [0.15, 0.2) is 5.38 Å². The molecule has 3 heteroatoms. The first-order valence-electron chi connectivity index (χ1n) is 5.59. The zero-order valence-corrected chi connectivity index (χ0v) is 9.15. The van der Waals surface area contributed by atoms with Gasteiger partial charge >= 0.3 is 0 Å². The van der Waals surface area contributed by atoms with Crippen LogP contribution in [0.5, 0.6) is 0 Å². The summed E-state index contributed by atoms with van der Waals surface area (Å²) in [5.74, 6) is 0.824. The highest BCUT2D eigenvalue weighted by molar-refractivity contribution is 7.09. The third-order valence-corrected chi connectivity index (χ3v) is 3.94. The fourth-order valence-electron chi connectivity index (χ4n) is 1.65. The number of thiazole rings is 1. The van der Waals surface area contributed by atoms with Gasteiger partial charge in [0.25, 0.3) is 0 Å². The van der Waals surface area contributed by atoms with E-state index >= 15 is 0 Å². The van der Waals surface area contributed by atoms with Crippen molar-refractivity contribution >= 4 is 11.3 Å². The van der Waals surface area contributed by atoms with Crippen molar-refractivity contribution < 1.29 is 0 Å². The molecule has 0 amide bonds. The first-order chi connectivity index (χ1) is 6.92. The van der Waals surface area contributed by atoms with Gasteiger partial charge in [-0.25, -0.2) is 4.98 Å². The van der Waals surface area contributed by atoms with E-state index in [9.17, 15) is 0 Å². The molecule has 3 rings (SSSR count). The quantitative estimate of drug-likeness (QED) is 0.803. The molecule has 2 aliphatic rings. The minimum absolute atomic E-state index is 0.824. The molecule has 2 nitrogen and oxygen atoms in total. The van der Waals surface area contributed by atoms with Gasteiger partial charge in [-0.15, -0.1) is 11.3 Å². The van der Waals surface area contributed by atoms with E-state index in [1.165, 1.54) is 36.4 Å². The van der Waals surface area contributed by atoms with Crippen molar-refractivity contribution in [3.63, 3.8) is 0 Å². The lowest BCUT2D eigenvalue weighted by Crippen LogP contribution is -2.19. The Labute approximate surface area is 88.7 Å². The standard InChI is InChI=1S/C11H16N2S/c1-2-8(1)11-13-10(7-14-11)5-6-12-9-3-4-9/h7-9,12H,1-6H2. The third-order valence-electron chi connectivity index (χ3n) is 2.89. The van der Waals surface area contributed by atoms with Crippen LogP contribution in [0, 0.1) is 0 Å². The molecular formula is C11H16N2S. The lowest BCUT2D eigenvalue weighted by Gasteiger charge is -1.98. The molecule has 1 heterocycles. The van der Waals surface area contributed by atoms with E-state index in [0.717, 1.165) is 24.9 Å². The summed E-state index contributed by atoms with van der Waals surface area (Å²) in [6, 6.07) is 0.830. The second-order valence-electron chi connectivity index (χ2n) is 4.43. The van der Waals surface area contributed by atoms with Crippen LogP contribution in [0.2, 0.25) is 0 Å². The van der Waals surface area contributed by atoms with Gasteiger partial charge in [0.1, 0.15) is 0 Å². The van der Waals surface area contributed by atoms with E-state index < -0.39 is 0 Å². The SMILES string of the molecule is c1sc(C2CC2)nc1CCNC1CC1. The van der Waals surface area contributed by atoms with Crippen LogP contribution >= 0.6 is 11.3 Å². The molecule has 0 radical (unpaired) electrons. The highest BCUT2D eigenvalue weighted by atomic mass is 32.1. The van der Waals surface area contributed by atoms with E-state index in [1.54, 1.807) is 0 Å². The van der Waals surface area contributed by atoms with Crippen LogP contribution in [0.25, 0.3) is 0 Å². The van der Waals surface area contributed by atoms with Gasteiger partial charge in [0.15, 0.2) is 0 Å². The average Bonchev–Trinajstić information content (AvgIpc) is 3.07. The van der Waals surface area contributed by atoms with Crippen molar-refractivity contribution in [3.8, 4) is 0 Å². The van der Waals surface area contributed by atoms with Gasteiger partial charge in [-0.1, -0.05) is 0 Å². The molecule has 1 aromatic heterocycles. The van der Waals surface area contributed by atoms with Crippen molar-refractivity contribution in [3.05, 3.63) is 16.1 Å². The molecule has 0 atom stereocenters. The molecule has 0 saturated heterocycles. The first-order valence-corrected chi connectivity index (χ1v) is 6.47. The molecule has 2 saturated carbocycles. The topological polar surface area (TPSA) is 24.9 Å². The van der Waals surface area contributed by atoms with E-state index in [4.69, 9.17) is 0 Å². The fraction of sp³-hybridized carbons (Fsp3) is 0.727. The number of nitrogens with zero attached hydrogens (tertiary/aromatic N) is 1. The van der Waals surface area contributed by atoms with Crippen molar-refractivity contribution in [1.82, 2.24) is 10.3 Å². The number of hydrogen-bond acceptors (Lipinski definition) is 3. The molecule has 1 N–H and O–H groups in total. The molecule has 0 unspecified atom stereocenters. The Bertz CT molecular complexity index is 313. The molecule has 1 aromatic rings. The summed E-state index contributed by atoms with van der Waals surface area (Å²) in [7, 11) is 0. The summed E-state index contributed by atoms with van der Waals surface area (Å²) in [6.07, 6.45) is 6.61. The predicted molar refractivity (Wildman–Crippen MR) is 58.8 cm³/mol. The third kappa shape index (κ3) is 2.15. The summed E-state index contributed by atoms with van der Waals surface area (Å²) >= 11 is 1.86. The molecular weight excluding hydrogens is 192 g/mol. The van der Waals surface area contributed by atoms with Gasteiger partial charge in [0.05, 0.1) is 10.7 Å². The minimum atomic E-state index is 0.824. The minimum Gasteiger partial charge on any atom is -0.314 e. The predicted octanol–water partition coefficient (Wildman–Crippen LogP) is 2.32. The van der Waals surface area contributed by atoms with Gasteiger partial charge in [0.2, 0.25) is 0 Å². The Morgan fingerprint density at radius 1 is 1.36 bits per heavy atom. The normalized spacial score (nSPS) is 21.4. The maximum absolute atomic E-state index is 4.67. The maximum Gasteiger partial charge on any atom is 0.0959 e. The number of aromatic nitrogens is 1. The molecule has 2 fully saturated rings. The molecule has 14 heavy (non-hydrogen) atoms. The van der Waals surface area contributed by atoms with Gasteiger partial charge in [0, 0.05) is 30.3 Å². The van der Waals surface area contributed by atoms with Crippen LogP contribution in [0.1, 0.15) is 42.3 Å². The first kappa shape index (κ1) is 8.86. The van der Waals surface area contributed by atoms with Crippen LogP contribution in [-0.2, 0) is 6.42 Å². The van der Waals surface area contributed by atoms with Gasteiger partial charge in [-0.3, -0.25) is 0 Å². The molecule has 2 aliphatic carbocycles. The monoisotopic (exact) mass is 208 g/mol. The van der Waals surface area contributed by atoms with Gasteiger partial charge in [-0.05, 0) is 25.7 Å². The number of nitrogens with one attached hydrogen (secondary N) is 1. The maximum atomic E-state index is 4.67. The van der Waals surface area contributed by atoms with Crippen LogP contribution in [0.3, 0.4) is 0 Å². The molecule has 0 aromatic carbocycles. The Hall–Kier alpha value is -0.410. The van der Waals surface area contributed by atoms with Crippen molar-refractivity contribution in [1.29, 1.82) is 0 Å². The smallest absolute Gasteiger partial charge is 0.0959 e. The largest absolute Gasteiger partial charge is 0.314 e. The van der Waals surface area contributed by atoms with Crippen molar-refractivity contribution in [2.45, 2.75) is 44.1 Å². The van der Waals surface area contributed by atoms with Crippen LogP contribution in [0.4, 0.5) is 0 Å². The number of rotatable bonds is 5. The lowest BCUT2D eigenvalue weighted by atomic mass is 10.3. The van der Waals surface area contributed by atoms with E-state index in [0.29, 0.717) is 0 Å². The Morgan fingerprint density at radius 3 is 2.93 bits per heavy atom. The van der Waals surface area contributed by atoms with E-state index in [1.807, 2.05) is 11.3 Å². The summed E-state index contributed by atoms with van der Waals surface area (Å²) in [5.41, 5.74) is 1.30. The molecule has 0 aliphatic heterocycles. The Balaban J connectivity index is 1.49. The summed E-state index contributed by atoms with van der Waals surface area (Å²) < 4.78 is 0. The van der Waals surface area contributed by atoms with E-state index in [2.05, 4.69) is 15.7 Å². The lowest BCUT2D eigenvalue weighted by molar-refractivity contribution is 0.676. The summed E-state index contributed by atoms with van der Waals surface area (Å²) in [5, 5.41) is 7.14. The van der Waals surface area contributed by atoms with Gasteiger partial charge in [-0.2, -0.15) is 0 Å². The fourth-order valence-corrected chi connectivity index (χ4v) is 2.67. The number of hydrogen-bond donors (Lipinski definition) is 1. The van der Waals surface area contributed by atoms with E-state index in [-0.39, 0.29) is 0 Å². The second kappa shape index (κ2) is 3.63. The Kier molecular flexibility index (Phi) is 2.30. The zero-order valence-electron chi connectivity index (χ0n) is 8.33. The zero-order chi connectivity index (χ0) is 9.38. The van der Waals surface area contributed by atoms with Crippen molar-refractivity contribution in [2.24, 2.45) is 0 Å². The highest BCUT2D eigenvalue weighted by Crippen LogP contribution is 2.41. The van der Waals surface area contributed by atoms with Crippen LogP contribution in [-0.4, -0.2) is 17.6 Å². The summed E-state index contributed by atoms with van der Waals surface area (Å²) in [6.45, 7) is 1.11. The summed E-state index contributed by atoms with van der Waals surface area (Å²) in [4.78, 5) is 4.67.